The van der Waals surface area contributed by atoms with Crippen molar-refractivity contribution in [2.24, 2.45) is 5.92 Å². The van der Waals surface area contributed by atoms with E-state index in [0.29, 0.717) is 37.4 Å². The highest BCUT2D eigenvalue weighted by atomic mass is 19.1. The fourth-order valence-electron chi connectivity index (χ4n) is 2.83. The van der Waals surface area contributed by atoms with E-state index >= 15 is 0 Å². The van der Waals surface area contributed by atoms with Crippen molar-refractivity contribution in [3.63, 3.8) is 0 Å². The summed E-state index contributed by atoms with van der Waals surface area (Å²) in [5.41, 5.74) is 1.42. The standard InChI is InChI=1S/C17H22FN3O2/c1-12(2)17(22)15-9-19-21-11-14(3-4-16(15)21)23-8-7-20-6-5-13(18)10-20/h3-4,9,11-13H,5-8,10H2,1-2H3/t13-/m0/s1. The van der Waals surface area contributed by atoms with Gasteiger partial charge in [0.25, 0.3) is 0 Å². The normalized spacial score (nSPS) is 18.9. The number of likely N-dealkylation sites (tertiary alicyclic amines) is 1. The van der Waals surface area contributed by atoms with Gasteiger partial charge >= 0.3 is 0 Å². The Hall–Kier alpha value is -1.95. The molecule has 0 aliphatic carbocycles. The molecule has 2 aromatic rings. The van der Waals surface area contributed by atoms with Gasteiger partial charge in [0.15, 0.2) is 5.78 Å². The molecular formula is C17H22FN3O2. The number of Topliss-reactive ketones (excluding diaryl/α,β-unsaturated/α-hetero) is 1. The predicted molar refractivity (Wildman–Crippen MR) is 85.8 cm³/mol. The molecule has 1 aliphatic heterocycles. The van der Waals surface area contributed by atoms with E-state index in [-0.39, 0.29) is 11.7 Å². The first-order valence-corrected chi connectivity index (χ1v) is 8.05. The number of ether oxygens (including phenoxy) is 1. The Balaban J connectivity index is 1.63. The molecule has 0 aromatic carbocycles. The van der Waals surface area contributed by atoms with Gasteiger partial charge in [-0.2, -0.15) is 5.10 Å². The highest BCUT2D eigenvalue weighted by Crippen LogP contribution is 2.19. The zero-order chi connectivity index (χ0) is 16.4. The summed E-state index contributed by atoms with van der Waals surface area (Å²) in [5.74, 6) is 0.724. The van der Waals surface area contributed by atoms with Crippen LogP contribution in [0.3, 0.4) is 0 Å². The lowest BCUT2D eigenvalue weighted by Gasteiger charge is -2.15. The van der Waals surface area contributed by atoms with Gasteiger partial charge in [-0.05, 0) is 18.6 Å². The fraction of sp³-hybridized carbons (Fsp3) is 0.529. The van der Waals surface area contributed by atoms with Crippen molar-refractivity contribution in [3.8, 4) is 5.75 Å². The fourth-order valence-corrected chi connectivity index (χ4v) is 2.83. The van der Waals surface area contributed by atoms with Crippen molar-refractivity contribution < 1.29 is 13.9 Å². The van der Waals surface area contributed by atoms with Gasteiger partial charge in [-0.1, -0.05) is 13.8 Å². The van der Waals surface area contributed by atoms with E-state index in [1.54, 1.807) is 16.9 Å². The number of ketones is 1. The van der Waals surface area contributed by atoms with Crippen LogP contribution in [0.1, 0.15) is 30.6 Å². The highest BCUT2D eigenvalue weighted by Gasteiger charge is 2.21. The number of fused-ring (bicyclic) bond motifs is 1. The number of rotatable bonds is 6. The molecular weight excluding hydrogens is 297 g/mol. The Morgan fingerprint density at radius 2 is 2.30 bits per heavy atom. The zero-order valence-corrected chi connectivity index (χ0v) is 13.5. The number of alkyl halides is 1. The van der Waals surface area contributed by atoms with E-state index in [1.165, 1.54) is 0 Å². The molecule has 1 atom stereocenters. The molecule has 6 heteroatoms. The summed E-state index contributed by atoms with van der Waals surface area (Å²) in [4.78, 5) is 14.2. The van der Waals surface area contributed by atoms with E-state index in [0.717, 1.165) is 12.1 Å². The van der Waals surface area contributed by atoms with E-state index in [1.807, 2.05) is 26.0 Å². The molecule has 1 fully saturated rings. The maximum absolute atomic E-state index is 13.1. The molecule has 124 valence electrons. The number of carbonyl (C=O) groups is 1. The van der Waals surface area contributed by atoms with Crippen molar-refractivity contribution in [1.82, 2.24) is 14.5 Å². The summed E-state index contributed by atoms with van der Waals surface area (Å²) < 4.78 is 20.5. The van der Waals surface area contributed by atoms with Crippen molar-refractivity contribution in [1.29, 1.82) is 0 Å². The molecule has 23 heavy (non-hydrogen) atoms. The Morgan fingerprint density at radius 3 is 3.00 bits per heavy atom. The highest BCUT2D eigenvalue weighted by molar-refractivity contribution is 6.03. The topological polar surface area (TPSA) is 46.8 Å². The van der Waals surface area contributed by atoms with Gasteiger partial charge in [-0.25, -0.2) is 8.91 Å². The molecule has 2 aromatic heterocycles. The molecule has 0 bridgehead atoms. The number of carbonyl (C=O) groups excluding carboxylic acids is 1. The third-order valence-corrected chi connectivity index (χ3v) is 4.17. The maximum Gasteiger partial charge on any atom is 0.169 e. The molecule has 0 N–H and O–H groups in total. The average Bonchev–Trinajstić information content (AvgIpc) is 3.12. The summed E-state index contributed by atoms with van der Waals surface area (Å²) >= 11 is 0. The second kappa shape index (κ2) is 6.66. The Bertz CT molecular complexity index is 698. The van der Waals surface area contributed by atoms with Crippen LogP contribution in [0.5, 0.6) is 5.75 Å². The van der Waals surface area contributed by atoms with Gasteiger partial charge < -0.3 is 4.74 Å². The number of nitrogens with zero attached hydrogens (tertiary/aromatic N) is 3. The molecule has 0 radical (unpaired) electrons. The van der Waals surface area contributed by atoms with Crippen molar-refractivity contribution in [3.05, 3.63) is 30.1 Å². The van der Waals surface area contributed by atoms with Gasteiger partial charge in [0.2, 0.25) is 0 Å². The Morgan fingerprint density at radius 1 is 1.48 bits per heavy atom. The first-order valence-electron chi connectivity index (χ1n) is 8.05. The van der Waals surface area contributed by atoms with Crippen LogP contribution < -0.4 is 4.74 Å². The minimum atomic E-state index is -0.702. The SMILES string of the molecule is CC(C)C(=O)c1cnn2cc(OCCN3CC[C@H](F)C3)ccc12. The molecule has 1 saturated heterocycles. The van der Waals surface area contributed by atoms with Crippen LogP contribution in [0.4, 0.5) is 4.39 Å². The quantitative estimate of drug-likeness (QED) is 0.768. The second-order valence-electron chi connectivity index (χ2n) is 6.31. The van der Waals surface area contributed by atoms with Crippen molar-refractivity contribution in [2.45, 2.75) is 26.4 Å². The monoisotopic (exact) mass is 319 g/mol. The first kappa shape index (κ1) is 15.9. The van der Waals surface area contributed by atoms with Crippen LogP contribution in [0.2, 0.25) is 0 Å². The van der Waals surface area contributed by atoms with Crippen LogP contribution in [0.15, 0.2) is 24.5 Å². The lowest BCUT2D eigenvalue weighted by atomic mass is 10.0. The smallest absolute Gasteiger partial charge is 0.169 e. The summed E-state index contributed by atoms with van der Waals surface area (Å²) in [5, 5.41) is 4.23. The minimum absolute atomic E-state index is 0.0567. The molecule has 3 rings (SSSR count). The van der Waals surface area contributed by atoms with Crippen LogP contribution in [-0.4, -0.2) is 52.7 Å². The van der Waals surface area contributed by atoms with Gasteiger partial charge in [0.05, 0.1) is 23.5 Å². The summed E-state index contributed by atoms with van der Waals surface area (Å²) in [6.07, 6.45) is 3.29. The van der Waals surface area contributed by atoms with E-state index in [4.69, 9.17) is 4.74 Å². The van der Waals surface area contributed by atoms with Crippen LogP contribution in [0, 0.1) is 5.92 Å². The second-order valence-corrected chi connectivity index (χ2v) is 6.31. The maximum atomic E-state index is 13.1. The van der Waals surface area contributed by atoms with E-state index in [9.17, 15) is 9.18 Å². The molecule has 0 saturated carbocycles. The van der Waals surface area contributed by atoms with E-state index in [2.05, 4.69) is 10.00 Å². The average molecular weight is 319 g/mol. The molecule has 0 spiro atoms. The van der Waals surface area contributed by atoms with Crippen LogP contribution in [0.25, 0.3) is 5.52 Å². The predicted octanol–water partition coefficient (Wildman–Crippen LogP) is 2.60. The molecule has 3 heterocycles. The number of hydrogen-bond acceptors (Lipinski definition) is 4. The van der Waals surface area contributed by atoms with Crippen LogP contribution in [-0.2, 0) is 0 Å². The van der Waals surface area contributed by atoms with Crippen molar-refractivity contribution in [2.75, 3.05) is 26.2 Å². The third kappa shape index (κ3) is 3.52. The molecule has 5 nitrogen and oxygen atoms in total. The zero-order valence-electron chi connectivity index (χ0n) is 13.5. The van der Waals surface area contributed by atoms with Crippen LogP contribution >= 0.6 is 0 Å². The van der Waals surface area contributed by atoms with E-state index < -0.39 is 6.17 Å². The van der Waals surface area contributed by atoms with Gasteiger partial charge in [-0.15, -0.1) is 0 Å². The number of hydrogen-bond donors (Lipinski definition) is 0. The van der Waals surface area contributed by atoms with Crippen molar-refractivity contribution >= 4 is 11.3 Å². The Kier molecular flexibility index (Phi) is 4.61. The number of halogens is 1. The number of aromatic nitrogens is 2. The lowest BCUT2D eigenvalue weighted by molar-refractivity contribution is 0.0941. The summed E-state index contributed by atoms with van der Waals surface area (Å²) in [6, 6.07) is 3.70. The molecule has 0 amide bonds. The third-order valence-electron chi connectivity index (χ3n) is 4.17. The van der Waals surface area contributed by atoms with Gasteiger partial charge in [0.1, 0.15) is 18.5 Å². The lowest BCUT2D eigenvalue weighted by Crippen LogP contribution is -2.26. The Labute approximate surface area is 135 Å². The summed E-state index contributed by atoms with van der Waals surface area (Å²) in [6.45, 7) is 6.28. The molecule has 0 unspecified atom stereocenters. The molecule has 1 aliphatic rings. The first-order chi connectivity index (χ1) is 11.0. The minimum Gasteiger partial charge on any atom is -0.491 e. The summed E-state index contributed by atoms with van der Waals surface area (Å²) in [7, 11) is 0. The largest absolute Gasteiger partial charge is 0.491 e. The van der Waals surface area contributed by atoms with Gasteiger partial charge in [-0.3, -0.25) is 9.69 Å². The van der Waals surface area contributed by atoms with Gasteiger partial charge in [0, 0.05) is 25.6 Å². The number of pyridine rings is 1.